The van der Waals surface area contributed by atoms with E-state index in [1.54, 1.807) is 37.3 Å². The van der Waals surface area contributed by atoms with Crippen molar-refractivity contribution in [3.63, 3.8) is 0 Å². The molecule has 1 N–H and O–H groups in total. The average Bonchev–Trinajstić information content (AvgIpc) is 3.32. The number of thioether (sulfide) groups is 1. The van der Waals surface area contributed by atoms with Gasteiger partial charge in [-0.05, 0) is 36.8 Å². The summed E-state index contributed by atoms with van der Waals surface area (Å²) < 4.78 is 15.7. The van der Waals surface area contributed by atoms with Gasteiger partial charge in [-0.15, -0.1) is 0 Å². The van der Waals surface area contributed by atoms with Crippen LogP contribution in [0.25, 0.3) is 6.08 Å². The highest BCUT2D eigenvalue weighted by molar-refractivity contribution is 8.18. The minimum Gasteiger partial charge on any atom is -0.506 e. The molecule has 0 fully saturated rings. The van der Waals surface area contributed by atoms with Gasteiger partial charge in [-0.25, -0.2) is 9.79 Å². The maximum Gasteiger partial charge on any atom is 0.344 e. The van der Waals surface area contributed by atoms with Crippen molar-refractivity contribution < 1.29 is 29.0 Å². The lowest BCUT2D eigenvalue weighted by atomic mass is 10.1. The van der Waals surface area contributed by atoms with Gasteiger partial charge < -0.3 is 19.3 Å². The molecule has 0 radical (unpaired) electrons. The molecule has 2 aliphatic heterocycles. The smallest absolute Gasteiger partial charge is 0.344 e. The van der Waals surface area contributed by atoms with Crippen LogP contribution in [-0.2, 0) is 9.53 Å². The van der Waals surface area contributed by atoms with Gasteiger partial charge in [0.25, 0.3) is 5.69 Å². The van der Waals surface area contributed by atoms with Crippen LogP contribution in [0.4, 0.5) is 11.4 Å². The van der Waals surface area contributed by atoms with Crippen LogP contribution in [0.1, 0.15) is 12.5 Å². The number of rotatable bonds is 5. The van der Waals surface area contributed by atoms with E-state index in [0.29, 0.717) is 16.4 Å². The van der Waals surface area contributed by atoms with Gasteiger partial charge in [-0.2, -0.15) is 0 Å². The van der Waals surface area contributed by atoms with Gasteiger partial charge in [0.05, 0.1) is 22.1 Å². The van der Waals surface area contributed by atoms with Gasteiger partial charge in [0.15, 0.2) is 11.5 Å². The molecule has 31 heavy (non-hydrogen) atoms. The van der Waals surface area contributed by atoms with Crippen LogP contribution in [0.15, 0.2) is 63.7 Å². The average molecular weight is 440 g/mol. The first-order valence-corrected chi connectivity index (χ1v) is 10.0. The number of esters is 1. The molecular weight excluding hydrogens is 424 g/mol. The number of aliphatic imine (C=N–C) groups is 1. The van der Waals surface area contributed by atoms with Crippen LogP contribution in [0.2, 0.25) is 0 Å². The molecule has 2 aromatic carbocycles. The molecule has 0 aliphatic carbocycles. The van der Waals surface area contributed by atoms with Crippen LogP contribution in [-0.4, -0.2) is 34.4 Å². The summed E-state index contributed by atoms with van der Waals surface area (Å²) in [5, 5.41) is 22.0. The fraction of sp³-hybridized carbons (Fsp3) is 0.143. The third kappa shape index (κ3) is 4.24. The van der Waals surface area contributed by atoms with Crippen LogP contribution in [0.5, 0.6) is 11.5 Å². The van der Waals surface area contributed by atoms with E-state index in [1.807, 2.05) is 0 Å². The fourth-order valence-corrected chi connectivity index (χ4v) is 3.97. The number of ether oxygens (including phenoxy) is 3. The normalized spacial score (nSPS) is 17.5. The molecule has 2 aliphatic rings. The number of carbonyl (C=O) groups excluding carboxylic acids is 1. The number of hydrogen-bond acceptors (Lipinski definition) is 9. The molecule has 0 bridgehead atoms. The minimum atomic E-state index is -0.731. The molecule has 0 unspecified atom stereocenters. The van der Waals surface area contributed by atoms with E-state index < -0.39 is 10.9 Å². The Hall–Kier alpha value is -3.79. The van der Waals surface area contributed by atoms with Gasteiger partial charge in [0.1, 0.15) is 16.4 Å². The molecule has 0 aromatic heterocycles. The second-order valence-electron chi connectivity index (χ2n) is 6.36. The number of nitrogens with zero attached hydrogens (tertiary/aromatic N) is 2. The molecule has 2 aromatic rings. The third-order valence-electron chi connectivity index (χ3n) is 4.34. The topological polar surface area (TPSA) is 120 Å². The first-order valence-electron chi connectivity index (χ1n) is 9.19. The molecule has 0 saturated carbocycles. The second-order valence-corrected chi connectivity index (χ2v) is 7.39. The minimum absolute atomic E-state index is 0.0923. The molecule has 0 spiro atoms. The number of fused-ring (bicyclic) bond motifs is 1. The van der Waals surface area contributed by atoms with Crippen molar-refractivity contribution in [3.05, 3.63) is 74.4 Å². The molecular formula is C21H16N2O7S. The van der Waals surface area contributed by atoms with E-state index in [-0.39, 0.29) is 41.2 Å². The molecule has 10 heteroatoms. The monoisotopic (exact) mass is 440 g/mol. The molecule has 4 rings (SSSR count). The maximum absolute atomic E-state index is 12.5. The van der Waals surface area contributed by atoms with Gasteiger partial charge in [-0.3, -0.25) is 10.1 Å². The van der Waals surface area contributed by atoms with E-state index in [1.165, 1.54) is 18.2 Å². The summed E-state index contributed by atoms with van der Waals surface area (Å²) in [4.78, 5) is 27.7. The van der Waals surface area contributed by atoms with Crippen LogP contribution >= 0.6 is 11.8 Å². The van der Waals surface area contributed by atoms with Crippen molar-refractivity contribution in [3.8, 4) is 11.5 Å². The van der Waals surface area contributed by atoms with Gasteiger partial charge in [0.2, 0.25) is 6.79 Å². The number of carbonyl (C=O) groups is 1. The van der Waals surface area contributed by atoms with Crippen LogP contribution < -0.4 is 9.47 Å². The lowest BCUT2D eigenvalue weighted by Gasteiger charge is -2.03. The van der Waals surface area contributed by atoms with Gasteiger partial charge >= 0.3 is 5.97 Å². The van der Waals surface area contributed by atoms with Gasteiger partial charge in [-0.1, -0.05) is 23.9 Å². The van der Waals surface area contributed by atoms with Crippen molar-refractivity contribution in [2.24, 2.45) is 4.99 Å². The first kappa shape index (κ1) is 20.5. The molecule has 0 atom stereocenters. The molecule has 158 valence electrons. The first-order chi connectivity index (χ1) is 15.0. The number of nitro benzene ring substituents is 1. The summed E-state index contributed by atoms with van der Waals surface area (Å²) in [5.41, 5.74) is 0.769. The van der Waals surface area contributed by atoms with Crippen molar-refractivity contribution >= 4 is 40.2 Å². The summed E-state index contributed by atoms with van der Waals surface area (Å²) >= 11 is 1.06. The molecule has 0 saturated heterocycles. The number of aliphatic hydroxyl groups is 1. The molecule has 0 amide bonds. The van der Waals surface area contributed by atoms with Crippen LogP contribution in [0.3, 0.4) is 0 Å². The van der Waals surface area contributed by atoms with E-state index in [0.717, 1.165) is 17.3 Å². The van der Waals surface area contributed by atoms with E-state index in [4.69, 9.17) is 14.2 Å². The van der Waals surface area contributed by atoms with Crippen molar-refractivity contribution in [2.45, 2.75) is 6.92 Å². The Balaban J connectivity index is 1.73. The number of benzene rings is 2. The zero-order valence-corrected chi connectivity index (χ0v) is 17.0. The summed E-state index contributed by atoms with van der Waals surface area (Å²) in [7, 11) is 0. The number of hydrogen-bond donors (Lipinski definition) is 1. The Labute approximate surface area is 180 Å². The Morgan fingerprint density at radius 1 is 1.29 bits per heavy atom. The highest BCUT2D eigenvalue weighted by Crippen LogP contribution is 2.41. The number of aliphatic hydroxyl groups excluding tert-OH is 1. The summed E-state index contributed by atoms with van der Waals surface area (Å²) in [5.74, 6) is 0.203. The Morgan fingerprint density at radius 2 is 2.10 bits per heavy atom. The highest BCUT2D eigenvalue weighted by atomic mass is 32.2. The quantitative estimate of drug-likeness (QED) is 0.409. The second kappa shape index (κ2) is 8.52. The van der Waals surface area contributed by atoms with Crippen molar-refractivity contribution in [1.29, 1.82) is 0 Å². The Morgan fingerprint density at radius 3 is 2.87 bits per heavy atom. The van der Waals surface area contributed by atoms with E-state index >= 15 is 0 Å². The number of non-ortho nitro benzene ring substituents is 1. The zero-order valence-electron chi connectivity index (χ0n) is 16.2. The van der Waals surface area contributed by atoms with Crippen molar-refractivity contribution in [1.82, 2.24) is 0 Å². The Kier molecular flexibility index (Phi) is 5.63. The van der Waals surface area contributed by atoms with Crippen molar-refractivity contribution in [2.75, 3.05) is 13.4 Å². The highest BCUT2D eigenvalue weighted by Gasteiger charge is 2.33. The zero-order chi connectivity index (χ0) is 22.0. The summed E-state index contributed by atoms with van der Waals surface area (Å²) in [6.45, 7) is 1.91. The molecule has 2 heterocycles. The standard InChI is InChI=1S/C21H16N2O7S/c1-2-28-21(25)18-19(24)17(9-12-6-7-15-16(8-12)30-11-29-15)31-20(18)22-13-4-3-5-14(10-13)23(26)27/h3-10,24H,2,11H2,1H3/b17-9+,22-20?. The van der Waals surface area contributed by atoms with E-state index in [9.17, 15) is 20.0 Å². The lowest BCUT2D eigenvalue weighted by molar-refractivity contribution is -0.384. The Bertz CT molecular complexity index is 1170. The maximum atomic E-state index is 12.5. The number of nitro groups is 1. The van der Waals surface area contributed by atoms with Crippen LogP contribution in [0, 0.1) is 10.1 Å². The SMILES string of the molecule is CCOC(=O)C1=C(O)/C(=C\c2ccc3c(c2)OCO3)SC1=Nc1cccc([N+](=O)[O-])c1. The predicted molar refractivity (Wildman–Crippen MR) is 115 cm³/mol. The fourth-order valence-electron chi connectivity index (χ4n) is 2.94. The lowest BCUT2D eigenvalue weighted by Crippen LogP contribution is -2.12. The van der Waals surface area contributed by atoms with E-state index in [2.05, 4.69) is 4.99 Å². The third-order valence-corrected chi connectivity index (χ3v) is 5.36. The largest absolute Gasteiger partial charge is 0.506 e. The molecule has 9 nitrogen and oxygen atoms in total. The van der Waals surface area contributed by atoms with Gasteiger partial charge in [0, 0.05) is 12.1 Å². The summed E-state index contributed by atoms with van der Waals surface area (Å²) in [6, 6.07) is 11.0. The summed E-state index contributed by atoms with van der Waals surface area (Å²) in [6.07, 6.45) is 1.68. The predicted octanol–water partition coefficient (Wildman–Crippen LogP) is 4.52.